The van der Waals surface area contributed by atoms with Crippen molar-refractivity contribution in [3.8, 4) is 0 Å². The van der Waals surface area contributed by atoms with Crippen molar-refractivity contribution in [1.29, 1.82) is 0 Å². The number of benzene rings is 2. The van der Waals surface area contributed by atoms with Gasteiger partial charge in [0.15, 0.2) is 0 Å². The molecule has 6 heteroatoms. The Morgan fingerprint density at radius 1 is 1.16 bits per heavy atom. The molecule has 1 fully saturated rings. The van der Waals surface area contributed by atoms with Gasteiger partial charge in [0.2, 0.25) is 0 Å². The molecule has 0 radical (unpaired) electrons. The molecule has 0 bridgehead atoms. The van der Waals surface area contributed by atoms with Crippen LogP contribution in [0.5, 0.6) is 0 Å². The largest absolute Gasteiger partial charge is 0.418 e. The van der Waals surface area contributed by atoms with E-state index in [0.29, 0.717) is 12.1 Å². The summed E-state index contributed by atoms with van der Waals surface area (Å²) in [6.07, 6.45) is 0.323. The van der Waals surface area contributed by atoms with Crippen LogP contribution < -0.4 is 5.73 Å². The minimum Gasteiger partial charge on any atom is -0.375 e. The van der Waals surface area contributed by atoms with Crippen LogP contribution in [0.15, 0.2) is 54.6 Å². The monoisotopic (exact) mass is 342 g/mol. The van der Waals surface area contributed by atoms with Crippen LogP contribution in [0.25, 0.3) is 0 Å². The van der Waals surface area contributed by atoms with Gasteiger partial charge in [0, 0.05) is 6.54 Å². The van der Waals surface area contributed by atoms with E-state index in [1.807, 2.05) is 30.3 Å². The van der Waals surface area contributed by atoms with Gasteiger partial charge in [0.1, 0.15) is 11.9 Å². The van der Waals surface area contributed by atoms with Crippen molar-refractivity contribution >= 4 is 12.1 Å². The minimum absolute atomic E-state index is 0.0742. The predicted octanol–water partition coefficient (Wildman–Crippen LogP) is 2.81. The summed E-state index contributed by atoms with van der Waals surface area (Å²) in [4.78, 5) is 25.8. The van der Waals surface area contributed by atoms with Gasteiger partial charge in [-0.25, -0.2) is 14.0 Å². The Labute approximate surface area is 145 Å². The summed E-state index contributed by atoms with van der Waals surface area (Å²) in [7, 11) is 0. The van der Waals surface area contributed by atoms with Crippen molar-refractivity contribution in [3.63, 3.8) is 0 Å². The van der Waals surface area contributed by atoms with E-state index in [1.165, 1.54) is 17.0 Å². The molecule has 25 heavy (non-hydrogen) atoms. The van der Waals surface area contributed by atoms with E-state index in [-0.39, 0.29) is 18.3 Å². The van der Waals surface area contributed by atoms with Gasteiger partial charge >= 0.3 is 12.1 Å². The Morgan fingerprint density at radius 2 is 1.84 bits per heavy atom. The number of amides is 1. The summed E-state index contributed by atoms with van der Waals surface area (Å²) >= 11 is 0. The fourth-order valence-electron chi connectivity index (χ4n) is 2.81. The van der Waals surface area contributed by atoms with Crippen LogP contribution in [0.2, 0.25) is 0 Å². The van der Waals surface area contributed by atoms with Crippen LogP contribution in [0.3, 0.4) is 0 Å². The molecule has 2 aromatic carbocycles. The lowest BCUT2D eigenvalue weighted by molar-refractivity contribution is -0.140. The first kappa shape index (κ1) is 17.1. The van der Waals surface area contributed by atoms with Crippen molar-refractivity contribution in [2.75, 3.05) is 6.54 Å². The van der Waals surface area contributed by atoms with Gasteiger partial charge in [-0.05, 0) is 36.1 Å². The van der Waals surface area contributed by atoms with Crippen LogP contribution in [-0.2, 0) is 16.0 Å². The number of hydrogen-bond donors (Lipinski definition) is 1. The van der Waals surface area contributed by atoms with Gasteiger partial charge in [0.25, 0.3) is 0 Å². The summed E-state index contributed by atoms with van der Waals surface area (Å²) in [5.74, 6) is -1.15. The van der Waals surface area contributed by atoms with E-state index in [9.17, 15) is 14.0 Å². The van der Waals surface area contributed by atoms with Gasteiger partial charge in [-0.2, -0.15) is 0 Å². The summed E-state index contributed by atoms with van der Waals surface area (Å²) in [6, 6.07) is 14.2. The highest BCUT2D eigenvalue weighted by atomic mass is 19.1. The third kappa shape index (κ3) is 4.03. The number of ether oxygens (including phenoxy) is 1. The first-order chi connectivity index (χ1) is 12.0. The SMILES string of the molecule is N[C@@H](Cc1ccc(F)cc1)C(=O)OC(=O)N1CCC1c1ccccc1. The number of carbonyl (C=O) groups is 2. The molecule has 2 atom stereocenters. The first-order valence-corrected chi connectivity index (χ1v) is 8.12. The van der Waals surface area contributed by atoms with Crippen LogP contribution in [0.4, 0.5) is 9.18 Å². The molecule has 1 heterocycles. The Hall–Kier alpha value is -2.73. The average Bonchev–Trinajstić information content (AvgIpc) is 2.56. The lowest BCUT2D eigenvalue weighted by atomic mass is 9.95. The summed E-state index contributed by atoms with van der Waals surface area (Å²) in [6.45, 7) is 0.541. The normalized spacial score (nSPS) is 17.5. The predicted molar refractivity (Wildman–Crippen MR) is 90.1 cm³/mol. The maximum absolute atomic E-state index is 12.9. The van der Waals surface area contributed by atoms with E-state index < -0.39 is 18.1 Å². The first-order valence-electron chi connectivity index (χ1n) is 8.12. The Bertz CT molecular complexity index is 749. The molecule has 1 amide bonds. The maximum atomic E-state index is 12.9. The quantitative estimate of drug-likeness (QED) is 0.685. The third-order valence-corrected chi connectivity index (χ3v) is 4.30. The van der Waals surface area contributed by atoms with Gasteiger partial charge in [-0.1, -0.05) is 42.5 Å². The molecule has 1 aliphatic heterocycles. The highest BCUT2D eigenvalue weighted by molar-refractivity contribution is 5.88. The molecule has 0 aromatic heterocycles. The second kappa shape index (κ2) is 7.44. The van der Waals surface area contributed by atoms with Gasteiger partial charge in [0.05, 0.1) is 6.04 Å². The minimum atomic E-state index is -0.981. The van der Waals surface area contributed by atoms with Gasteiger partial charge < -0.3 is 15.4 Å². The second-order valence-electron chi connectivity index (χ2n) is 6.03. The Balaban J connectivity index is 1.55. The molecular formula is C19H19FN2O3. The van der Waals surface area contributed by atoms with Crippen LogP contribution in [0.1, 0.15) is 23.6 Å². The van der Waals surface area contributed by atoms with Crippen molar-refractivity contribution < 1.29 is 18.7 Å². The number of nitrogens with two attached hydrogens (primary N) is 1. The van der Waals surface area contributed by atoms with E-state index >= 15 is 0 Å². The maximum Gasteiger partial charge on any atom is 0.418 e. The van der Waals surface area contributed by atoms with E-state index in [1.54, 1.807) is 12.1 Å². The zero-order valence-electron chi connectivity index (χ0n) is 13.6. The highest BCUT2D eigenvalue weighted by Gasteiger charge is 2.36. The Morgan fingerprint density at radius 3 is 2.44 bits per heavy atom. The van der Waals surface area contributed by atoms with Gasteiger partial charge in [-0.15, -0.1) is 0 Å². The molecule has 0 spiro atoms. The lowest BCUT2D eigenvalue weighted by Crippen LogP contribution is -2.47. The molecule has 130 valence electrons. The molecule has 2 aromatic rings. The fourth-order valence-corrected chi connectivity index (χ4v) is 2.81. The fraction of sp³-hybridized carbons (Fsp3) is 0.263. The number of nitrogens with zero attached hydrogens (tertiary/aromatic N) is 1. The molecule has 1 aliphatic rings. The summed E-state index contributed by atoms with van der Waals surface area (Å²) < 4.78 is 17.8. The smallest absolute Gasteiger partial charge is 0.375 e. The van der Waals surface area contributed by atoms with Crippen molar-refractivity contribution in [2.45, 2.75) is 24.9 Å². The third-order valence-electron chi connectivity index (χ3n) is 4.30. The highest BCUT2D eigenvalue weighted by Crippen LogP contribution is 2.33. The van der Waals surface area contributed by atoms with Crippen molar-refractivity contribution in [3.05, 3.63) is 71.5 Å². The van der Waals surface area contributed by atoms with Crippen molar-refractivity contribution in [2.24, 2.45) is 5.73 Å². The molecule has 5 nitrogen and oxygen atoms in total. The topological polar surface area (TPSA) is 72.6 Å². The number of carbonyl (C=O) groups excluding carboxylic acids is 2. The lowest BCUT2D eigenvalue weighted by Gasteiger charge is -2.40. The number of esters is 1. The van der Waals surface area contributed by atoms with Crippen LogP contribution >= 0.6 is 0 Å². The second-order valence-corrected chi connectivity index (χ2v) is 6.03. The number of hydrogen-bond acceptors (Lipinski definition) is 4. The summed E-state index contributed by atoms with van der Waals surface area (Å²) in [5.41, 5.74) is 7.51. The number of rotatable bonds is 4. The average molecular weight is 342 g/mol. The molecule has 1 unspecified atom stereocenters. The summed E-state index contributed by atoms with van der Waals surface area (Å²) in [5, 5.41) is 0. The van der Waals surface area contributed by atoms with Crippen LogP contribution in [0, 0.1) is 5.82 Å². The zero-order valence-corrected chi connectivity index (χ0v) is 13.6. The molecule has 2 N–H and O–H groups in total. The molecular weight excluding hydrogens is 323 g/mol. The van der Waals surface area contributed by atoms with Gasteiger partial charge in [-0.3, -0.25) is 0 Å². The molecule has 3 rings (SSSR count). The van der Waals surface area contributed by atoms with E-state index in [2.05, 4.69) is 0 Å². The van der Waals surface area contributed by atoms with Crippen molar-refractivity contribution in [1.82, 2.24) is 4.90 Å². The molecule has 0 aliphatic carbocycles. The number of likely N-dealkylation sites (tertiary alicyclic amines) is 1. The van der Waals surface area contributed by atoms with Crippen LogP contribution in [-0.4, -0.2) is 29.5 Å². The van der Waals surface area contributed by atoms with E-state index in [4.69, 9.17) is 10.5 Å². The number of halogens is 1. The Kier molecular flexibility index (Phi) is 5.09. The zero-order chi connectivity index (χ0) is 17.8. The molecule has 0 saturated carbocycles. The van der Waals surface area contributed by atoms with E-state index in [0.717, 1.165) is 12.0 Å². The molecule has 1 saturated heterocycles. The standard InChI is InChI=1S/C19H19FN2O3/c20-15-8-6-13(7-9-15)12-16(21)18(23)25-19(24)22-11-10-17(22)14-4-2-1-3-5-14/h1-9,16-17H,10-12,21H2/t16-,17?/m0/s1.